The van der Waals surface area contributed by atoms with Gasteiger partial charge in [-0.1, -0.05) is 19.1 Å². The van der Waals surface area contributed by atoms with Crippen LogP contribution in [-0.2, 0) is 11.2 Å². The first-order chi connectivity index (χ1) is 12.0. The molecule has 1 aromatic carbocycles. The van der Waals surface area contributed by atoms with Crippen LogP contribution in [0, 0.1) is 0 Å². The molecule has 132 valence electrons. The van der Waals surface area contributed by atoms with Gasteiger partial charge >= 0.3 is 5.97 Å². The number of carbonyl (C=O) groups is 3. The molecule has 0 bridgehead atoms. The van der Waals surface area contributed by atoms with Crippen LogP contribution in [0.5, 0.6) is 0 Å². The van der Waals surface area contributed by atoms with Gasteiger partial charge in [0.15, 0.2) is 0 Å². The quantitative estimate of drug-likeness (QED) is 0.630. The predicted molar refractivity (Wildman–Crippen MR) is 97.3 cm³/mol. The third-order valence-corrected chi connectivity index (χ3v) is 4.44. The van der Waals surface area contributed by atoms with E-state index >= 15 is 0 Å². The molecule has 0 aliphatic rings. The molecule has 0 aliphatic carbocycles. The van der Waals surface area contributed by atoms with Gasteiger partial charge in [0.05, 0.1) is 5.56 Å². The van der Waals surface area contributed by atoms with Gasteiger partial charge in [-0.15, -0.1) is 11.3 Å². The molecule has 0 aliphatic heterocycles. The summed E-state index contributed by atoms with van der Waals surface area (Å²) in [7, 11) is 0. The molecule has 3 N–H and O–H groups in total. The lowest BCUT2D eigenvalue weighted by Crippen LogP contribution is -2.25. The van der Waals surface area contributed by atoms with Crippen molar-refractivity contribution >= 4 is 34.1 Å². The summed E-state index contributed by atoms with van der Waals surface area (Å²) in [6.07, 6.45) is 1.26. The number of rotatable bonds is 8. The second-order valence-electron chi connectivity index (χ2n) is 5.42. The fourth-order valence-electron chi connectivity index (χ4n) is 2.19. The van der Waals surface area contributed by atoms with Crippen molar-refractivity contribution in [1.82, 2.24) is 5.32 Å². The Hall–Kier alpha value is -2.67. The van der Waals surface area contributed by atoms with E-state index in [1.54, 1.807) is 23.6 Å². The fourth-order valence-corrected chi connectivity index (χ4v) is 2.97. The number of aliphatic carboxylic acids is 1. The summed E-state index contributed by atoms with van der Waals surface area (Å²) in [5, 5.41) is 16.2. The Kier molecular flexibility index (Phi) is 6.71. The number of thiophene rings is 1. The van der Waals surface area contributed by atoms with E-state index in [4.69, 9.17) is 5.11 Å². The van der Waals surface area contributed by atoms with E-state index in [9.17, 15) is 14.4 Å². The highest BCUT2D eigenvalue weighted by Gasteiger charge is 2.15. The number of hydrogen-bond acceptors (Lipinski definition) is 4. The minimum atomic E-state index is -0.896. The van der Waals surface area contributed by atoms with E-state index in [1.165, 1.54) is 11.3 Å². The van der Waals surface area contributed by atoms with Crippen LogP contribution >= 0.6 is 11.3 Å². The summed E-state index contributed by atoms with van der Waals surface area (Å²) in [5.74, 6) is -1.50. The second-order valence-corrected chi connectivity index (χ2v) is 6.34. The van der Waals surface area contributed by atoms with Crippen molar-refractivity contribution in [3.05, 3.63) is 52.4 Å². The number of amides is 2. The number of anilines is 1. The molecule has 2 rings (SSSR count). The molecule has 0 radical (unpaired) electrons. The minimum Gasteiger partial charge on any atom is -0.481 e. The lowest BCUT2D eigenvalue weighted by Gasteiger charge is -2.08. The van der Waals surface area contributed by atoms with E-state index in [0.717, 1.165) is 12.0 Å². The summed E-state index contributed by atoms with van der Waals surface area (Å²) >= 11 is 1.27. The highest BCUT2D eigenvalue weighted by atomic mass is 32.1. The van der Waals surface area contributed by atoms with Crippen molar-refractivity contribution in [1.29, 1.82) is 0 Å². The smallest absolute Gasteiger partial charge is 0.303 e. The highest BCUT2D eigenvalue weighted by Crippen LogP contribution is 2.24. The van der Waals surface area contributed by atoms with Crippen molar-refractivity contribution in [3.8, 4) is 0 Å². The third kappa shape index (κ3) is 5.42. The molecule has 25 heavy (non-hydrogen) atoms. The summed E-state index contributed by atoms with van der Waals surface area (Å²) in [5.41, 5.74) is 2.05. The Balaban J connectivity index is 1.96. The first-order valence-electron chi connectivity index (χ1n) is 7.99. The fraction of sp³-hybridized carbons (Fsp3) is 0.278. The van der Waals surface area contributed by atoms with Gasteiger partial charge in [0, 0.05) is 18.5 Å². The predicted octanol–water partition coefficient (Wildman–Crippen LogP) is 3.16. The molecule has 1 heterocycles. The van der Waals surface area contributed by atoms with Crippen molar-refractivity contribution in [2.24, 2.45) is 0 Å². The summed E-state index contributed by atoms with van der Waals surface area (Å²) in [6.45, 7) is 2.31. The SMILES string of the molecule is CCc1ccc(C(=O)Nc2sccc2C(=O)NCCCC(=O)O)cc1. The van der Waals surface area contributed by atoms with E-state index in [2.05, 4.69) is 10.6 Å². The van der Waals surface area contributed by atoms with Crippen molar-refractivity contribution < 1.29 is 19.5 Å². The number of hydrogen-bond donors (Lipinski definition) is 3. The van der Waals surface area contributed by atoms with Crippen LogP contribution in [0.1, 0.15) is 46.0 Å². The molecule has 1 aromatic heterocycles. The number of carboxylic acid groups (broad SMARTS) is 1. The molecule has 7 heteroatoms. The first-order valence-corrected chi connectivity index (χ1v) is 8.87. The zero-order chi connectivity index (χ0) is 18.2. The lowest BCUT2D eigenvalue weighted by molar-refractivity contribution is -0.137. The van der Waals surface area contributed by atoms with Crippen molar-refractivity contribution in [2.75, 3.05) is 11.9 Å². The maximum Gasteiger partial charge on any atom is 0.303 e. The average Bonchev–Trinajstić information content (AvgIpc) is 3.06. The zero-order valence-electron chi connectivity index (χ0n) is 13.9. The zero-order valence-corrected chi connectivity index (χ0v) is 14.7. The largest absolute Gasteiger partial charge is 0.481 e. The van der Waals surface area contributed by atoms with Crippen LogP contribution in [0.2, 0.25) is 0 Å². The normalized spacial score (nSPS) is 10.3. The van der Waals surface area contributed by atoms with Crippen LogP contribution in [0.4, 0.5) is 5.00 Å². The maximum atomic E-state index is 12.3. The van der Waals surface area contributed by atoms with Crippen molar-refractivity contribution in [2.45, 2.75) is 26.2 Å². The van der Waals surface area contributed by atoms with Gasteiger partial charge in [-0.25, -0.2) is 0 Å². The molecular weight excluding hydrogens is 340 g/mol. The average molecular weight is 360 g/mol. The first kappa shape index (κ1) is 18.7. The number of benzene rings is 1. The van der Waals surface area contributed by atoms with Crippen molar-refractivity contribution in [3.63, 3.8) is 0 Å². The van der Waals surface area contributed by atoms with Gasteiger partial charge in [-0.05, 0) is 42.0 Å². The van der Waals surface area contributed by atoms with Gasteiger partial charge in [-0.3, -0.25) is 14.4 Å². The Labute approximate surface area is 149 Å². The molecule has 2 aromatic rings. The molecule has 0 atom stereocenters. The van der Waals surface area contributed by atoms with Gasteiger partial charge in [-0.2, -0.15) is 0 Å². The number of aryl methyl sites for hydroxylation is 1. The van der Waals surface area contributed by atoms with Gasteiger partial charge in [0.25, 0.3) is 11.8 Å². The van der Waals surface area contributed by atoms with Crippen LogP contribution in [0.3, 0.4) is 0 Å². The van der Waals surface area contributed by atoms with Crippen LogP contribution < -0.4 is 10.6 Å². The van der Waals surface area contributed by atoms with Crippen LogP contribution in [0.15, 0.2) is 35.7 Å². The van der Waals surface area contributed by atoms with Crippen LogP contribution in [-0.4, -0.2) is 29.4 Å². The molecule has 2 amide bonds. The molecule has 6 nitrogen and oxygen atoms in total. The number of carbonyl (C=O) groups excluding carboxylic acids is 2. The lowest BCUT2D eigenvalue weighted by atomic mass is 10.1. The highest BCUT2D eigenvalue weighted by molar-refractivity contribution is 7.14. The standard InChI is InChI=1S/C18H20N2O4S/c1-2-12-5-7-13(8-6-12)16(23)20-18-14(9-11-25-18)17(24)19-10-3-4-15(21)22/h5-9,11H,2-4,10H2,1H3,(H,19,24)(H,20,23)(H,21,22). The Morgan fingerprint density at radius 1 is 1.08 bits per heavy atom. The van der Waals surface area contributed by atoms with E-state index < -0.39 is 5.97 Å². The molecule has 0 saturated heterocycles. The summed E-state index contributed by atoms with van der Waals surface area (Å²) in [4.78, 5) is 35.0. The second kappa shape index (κ2) is 8.98. The third-order valence-electron chi connectivity index (χ3n) is 3.61. The van der Waals surface area contributed by atoms with Gasteiger partial charge in [0.2, 0.25) is 0 Å². The van der Waals surface area contributed by atoms with E-state index in [1.807, 2.05) is 19.1 Å². The topological polar surface area (TPSA) is 95.5 Å². The molecule has 0 spiro atoms. The monoisotopic (exact) mass is 360 g/mol. The molecule has 0 unspecified atom stereocenters. The molecule has 0 fully saturated rings. The summed E-state index contributed by atoms with van der Waals surface area (Å²) in [6, 6.07) is 8.95. The molecule has 0 saturated carbocycles. The summed E-state index contributed by atoms with van der Waals surface area (Å²) < 4.78 is 0. The van der Waals surface area contributed by atoms with Gasteiger partial charge in [0.1, 0.15) is 5.00 Å². The van der Waals surface area contributed by atoms with Gasteiger partial charge < -0.3 is 15.7 Å². The van der Waals surface area contributed by atoms with Crippen LogP contribution in [0.25, 0.3) is 0 Å². The Morgan fingerprint density at radius 2 is 1.80 bits per heavy atom. The molecular formula is C18H20N2O4S. The Morgan fingerprint density at radius 3 is 2.44 bits per heavy atom. The van der Waals surface area contributed by atoms with E-state index in [-0.39, 0.29) is 24.8 Å². The number of carboxylic acids is 1. The number of nitrogens with one attached hydrogen (secondary N) is 2. The van der Waals surface area contributed by atoms with E-state index in [0.29, 0.717) is 22.5 Å². The maximum absolute atomic E-state index is 12.3. The Bertz CT molecular complexity index is 753. The minimum absolute atomic E-state index is 0.00126.